The topological polar surface area (TPSA) is 68.0 Å². The normalized spacial score (nSPS) is 10.3. The van der Waals surface area contributed by atoms with Crippen LogP contribution in [0.2, 0.25) is 5.15 Å². The summed E-state index contributed by atoms with van der Waals surface area (Å²) in [7, 11) is 0. The van der Waals surface area contributed by atoms with E-state index in [0.29, 0.717) is 23.8 Å². The van der Waals surface area contributed by atoms with Gasteiger partial charge < -0.3 is 11.1 Å². The van der Waals surface area contributed by atoms with Crippen molar-refractivity contribution in [3.63, 3.8) is 0 Å². The molecule has 0 saturated carbocycles. The molecule has 0 aliphatic heterocycles. The van der Waals surface area contributed by atoms with E-state index in [2.05, 4.69) is 10.3 Å². The molecule has 1 heterocycles. The highest BCUT2D eigenvalue weighted by molar-refractivity contribution is 6.29. The number of nitrogens with zero attached hydrogens (tertiary/aromatic N) is 1. The summed E-state index contributed by atoms with van der Waals surface area (Å²) in [6.07, 6.45) is 2.56. The third-order valence-electron chi connectivity index (χ3n) is 2.39. The predicted molar refractivity (Wildman–Crippen MR) is 69.2 cm³/mol. The summed E-state index contributed by atoms with van der Waals surface area (Å²) in [5.74, 6) is -0.110. The van der Waals surface area contributed by atoms with Crippen molar-refractivity contribution in [2.45, 2.75) is 26.2 Å². The smallest absolute Gasteiger partial charge is 0.251 e. The van der Waals surface area contributed by atoms with Gasteiger partial charge in [-0.15, -0.1) is 0 Å². The molecule has 0 aromatic carbocycles. The minimum absolute atomic E-state index is 0.110. The van der Waals surface area contributed by atoms with Crippen molar-refractivity contribution < 1.29 is 4.79 Å². The number of halogens is 1. The molecule has 3 N–H and O–H groups in total. The summed E-state index contributed by atoms with van der Waals surface area (Å²) < 4.78 is 0. The van der Waals surface area contributed by atoms with Gasteiger partial charge in [-0.3, -0.25) is 4.79 Å². The van der Waals surface area contributed by atoms with E-state index in [0.717, 1.165) is 25.0 Å². The van der Waals surface area contributed by atoms with Gasteiger partial charge in [0.1, 0.15) is 5.15 Å². The second-order valence-corrected chi connectivity index (χ2v) is 4.16. The molecule has 0 radical (unpaired) electrons. The average molecular weight is 256 g/mol. The van der Waals surface area contributed by atoms with Crippen LogP contribution in [0.1, 0.15) is 35.8 Å². The number of carbonyl (C=O) groups is 1. The highest BCUT2D eigenvalue weighted by Crippen LogP contribution is 2.11. The molecule has 0 saturated heterocycles. The van der Waals surface area contributed by atoms with Crippen molar-refractivity contribution in [1.82, 2.24) is 10.3 Å². The summed E-state index contributed by atoms with van der Waals surface area (Å²) in [6, 6.07) is 3.35. The molecule has 0 fully saturated rings. The van der Waals surface area contributed by atoms with Crippen molar-refractivity contribution in [1.29, 1.82) is 0 Å². The van der Waals surface area contributed by atoms with Gasteiger partial charge in [-0.05, 0) is 37.9 Å². The van der Waals surface area contributed by atoms with Crippen LogP contribution < -0.4 is 11.1 Å². The maximum Gasteiger partial charge on any atom is 0.251 e. The third kappa shape index (κ3) is 4.71. The van der Waals surface area contributed by atoms with Crippen molar-refractivity contribution in [2.24, 2.45) is 5.73 Å². The van der Waals surface area contributed by atoms with E-state index in [1.807, 2.05) is 6.92 Å². The van der Waals surface area contributed by atoms with Crippen molar-refractivity contribution in [3.05, 3.63) is 28.5 Å². The Labute approximate surface area is 107 Å². The monoisotopic (exact) mass is 255 g/mol. The second kappa shape index (κ2) is 7.25. The molecule has 17 heavy (non-hydrogen) atoms. The lowest BCUT2D eigenvalue weighted by molar-refractivity contribution is 0.0953. The van der Waals surface area contributed by atoms with E-state index in [-0.39, 0.29) is 5.91 Å². The van der Waals surface area contributed by atoms with E-state index in [1.54, 1.807) is 12.1 Å². The largest absolute Gasteiger partial charge is 0.352 e. The van der Waals surface area contributed by atoms with Gasteiger partial charge in [-0.25, -0.2) is 4.98 Å². The minimum Gasteiger partial charge on any atom is -0.352 e. The maximum absolute atomic E-state index is 11.8. The molecule has 0 atom stereocenters. The van der Waals surface area contributed by atoms with Gasteiger partial charge in [0.25, 0.3) is 5.91 Å². The lowest BCUT2D eigenvalue weighted by atomic mass is 10.2. The number of nitrogens with one attached hydrogen (secondary N) is 1. The van der Waals surface area contributed by atoms with E-state index < -0.39 is 0 Å². The number of rotatable bonds is 6. The molecule has 4 nitrogen and oxygen atoms in total. The first-order valence-corrected chi connectivity index (χ1v) is 6.20. The summed E-state index contributed by atoms with van der Waals surface area (Å²) >= 11 is 5.85. The van der Waals surface area contributed by atoms with E-state index >= 15 is 0 Å². The summed E-state index contributed by atoms with van der Waals surface area (Å²) in [5.41, 5.74) is 6.76. The number of carbonyl (C=O) groups excluding carboxylic acids is 1. The fourth-order valence-corrected chi connectivity index (χ4v) is 1.66. The van der Waals surface area contributed by atoms with Crippen molar-refractivity contribution >= 4 is 17.5 Å². The van der Waals surface area contributed by atoms with Crippen LogP contribution >= 0.6 is 11.6 Å². The quantitative estimate of drug-likeness (QED) is 0.601. The standard InChI is InChI=1S/C12H18ClN3O/c1-2-10-7-9(8-11(13)16-10)12(17)15-6-4-3-5-14/h7-8H,2-6,14H2,1H3,(H,15,17). The maximum atomic E-state index is 11.8. The molecular formula is C12H18ClN3O. The van der Waals surface area contributed by atoms with E-state index in [4.69, 9.17) is 17.3 Å². The Hall–Kier alpha value is -1.13. The summed E-state index contributed by atoms with van der Waals surface area (Å²) in [5, 5.41) is 3.19. The Bertz CT molecular complexity index is 382. The van der Waals surface area contributed by atoms with Crippen LogP contribution in [0, 0.1) is 0 Å². The first-order valence-electron chi connectivity index (χ1n) is 5.82. The zero-order valence-corrected chi connectivity index (χ0v) is 10.8. The number of amides is 1. The van der Waals surface area contributed by atoms with E-state index in [1.165, 1.54) is 0 Å². The zero-order valence-electron chi connectivity index (χ0n) is 10.0. The number of pyridine rings is 1. The Morgan fingerprint density at radius 3 is 2.88 bits per heavy atom. The third-order valence-corrected chi connectivity index (χ3v) is 2.58. The summed E-state index contributed by atoms with van der Waals surface area (Å²) in [6.45, 7) is 3.26. The number of hydrogen-bond acceptors (Lipinski definition) is 3. The van der Waals surface area contributed by atoms with Crippen LogP contribution in [0.3, 0.4) is 0 Å². The minimum atomic E-state index is -0.110. The molecule has 0 aliphatic rings. The van der Waals surface area contributed by atoms with Gasteiger partial charge in [0.2, 0.25) is 0 Å². The number of hydrogen-bond donors (Lipinski definition) is 2. The van der Waals surface area contributed by atoms with Gasteiger partial charge in [0.05, 0.1) is 0 Å². The number of aryl methyl sites for hydroxylation is 1. The van der Waals surface area contributed by atoms with Gasteiger partial charge >= 0.3 is 0 Å². The fraction of sp³-hybridized carbons (Fsp3) is 0.500. The highest BCUT2D eigenvalue weighted by atomic mass is 35.5. The number of unbranched alkanes of at least 4 members (excludes halogenated alkanes) is 1. The lowest BCUT2D eigenvalue weighted by Gasteiger charge is -2.06. The summed E-state index contributed by atoms with van der Waals surface area (Å²) in [4.78, 5) is 15.9. The second-order valence-electron chi connectivity index (χ2n) is 3.78. The van der Waals surface area contributed by atoms with E-state index in [9.17, 15) is 4.79 Å². The van der Waals surface area contributed by atoms with Crippen LogP contribution in [-0.4, -0.2) is 24.0 Å². The first-order chi connectivity index (χ1) is 8.17. The molecule has 0 unspecified atom stereocenters. The number of nitrogens with two attached hydrogens (primary N) is 1. The van der Waals surface area contributed by atoms with Gasteiger partial charge in [-0.1, -0.05) is 18.5 Å². The van der Waals surface area contributed by atoms with Gasteiger partial charge in [0.15, 0.2) is 0 Å². The lowest BCUT2D eigenvalue weighted by Crippen LogP contribution is -2.25. The van der Waals surface area contributed by atoms with Crippen LogP contribution in [0.4, 0.5) is 0 Å². The van der Waals surface area contributed by atoms with Crippen molar-refractivity contribution in [3.8, 4) is 0 Å². The Morgan fingerprint density at radius 2 is 2.24 bits per heavy atom. The molecule has 0 bridgehead atoms. The molecule has 1 rings (SSSR count). The molecule has 1 amide bonds. The molecule has 1 aromatic heterocycles. The molecule has 94 valence electrons. The molecule has 1 aromatic rings. The fourth-order valence-electron chi connectivity index (χ4n) is 1.44. The number of aromatic nitrogens is 1. The Kier molecular flexibility index (Phi) is 5.94. The Balaban J connectivity index is 2.59. The van der Waals surface area contributed by atoms with Crippen LogP contribution in [-0.2, 0) is 6.42 Å². The average Bonchev–Trinajstić information content (AvgIpc) is 2.33. The van der Waals surface area contributed by atoms with Crippen molar-refractivity contribution in [2.75, 3.05) is 13.1 Å². The van der Waals surface area contributed by atoms with Crippen LogP contribution in [0.5, 0.6) is 0 Å². The molecule has 0 aliphatic carbocycles. The van der Waals surface area contributed by atoms with Gasteiger partial charge in [0, 0.05) is 17.8 Å². The first kappa shape index (κ1) is 13.9. The van der Waals surface area contributed by atoms with Gasteiger partial charge in [-0.2, -0.15) is 0 Å². The molecule has 5 heteroatoms. The Morgan fingerprint density at radius 1 is 1.47 bits per heavy atom. The molecular weight excluding hydrogens is 238 g/mol. The highest BCUT2D eigenvalue weighted by Gasteiger charge is 2.07. The van der Waals surface area contributed by atoms with Crippen LogP contribution in [0.25, 0.3) is 0 Å². The predicted octanol–water partition coefficient (Wildman–Crippen LogP) is 1.77. The molecule has 0 spiro atoms. The SMILES string of the molecule is CCc1cc(C(=O)NCCCCN)cc(Cl)n1. The zero-order chi connectivity index (χ0) is 12.7. The van der Waals surface area contributed by atoms with Crippen LogP contribution in [0.15, 0.2) is 12.1 Å².